The van der Waals surface area contributed by atoms with E-state index < -0.39 is 16.8 Å². The summed E-state index contributed by atoms with van der Waals surface area (Å²) in [5.41, 5.74) is -0.103. The fourth-order valence-electron chi connectivity index (χ4n) is 2.11. The lowest BCUT2D eigenvalue weighted by Crippen LogP contribution is -2.19. The number of thioether (sulfide) groups is 1. The molecule has 1 aliphatic heterocycles. The van der Waals surface area contributed by atoms with Crippen molar-refractivity contribution in [1.82, 2.24) is 5.32 Å². The number of carbonyl (C=O) groups is 1. The number of nitrogens with zero attached hydrogens (tertiary/aromatic N) is 1. The van der Waals surface area contributed by atoms with E-state index in [1.807, 2.05) is 24.3 Å². The Morgan fingerprint density at radius 2 is 1.85 bits per heavy atom. The normalized spacial score (nSPS) is 17.8. The number of rotatable bonds is 2. The van der Waals surface area contributed by atoms with Crippen LogP contribution in [0.3, 0.4) is 0 Å². The van der Waals surface area contributed by atoms with E-state index in [0.29, 0.717) is 4.91 Å². The number of halogens is 5. The molecule has 0 atom stereocenters. The second-order valence-electron chi connectivity index (χ2n) is 5.20. The molecule has 9 heteroatoms. The van der Waals surface area contributed by atoms with Gasteiger partial charge in [0.2, 0.25) is 0 Å². The van der Waals surface area contributed by atoms with Gasteiger partial charge in [-0.3, -0.25) is 4.79 Å². The first-order valence-electron chi connectivity index (χ1n) is 7.14. The van der Waals surface area contributed by atoms with E-state index in [2.05, 4.69) is 26.2 Å². The molecule has 2 aromatic rings. The van der Waals surface area contributed by atoms with Crippen LogP contribution in [0, 0.1) is 0 Å². The van der Waals surface area contributed by atoms with Crippen molar-refractivity contribution in [2.24, 2.45) is 4.99 Å². The van der Waals surface area contributed by atoms with Gasteiger partial charge < -0.3 is 5.32 Å². The quantitative estimate of drug-likeness (QED) is 0.556. The third-order valence-electron chi connectivity index (χ3n) is 3.30. The fourth-order valence-corrected chi connectivity index (χ4v) is 3.44. The van der Waals surface area contributed by atoms with Crippen LogP contribution in [0.2, 0.25) is 5.02 Å². The van der Waals surface area contributed by atoms with Gasteiger partial charge in [0.25, 0.3) is 5.91 Å². The SMILES string of the molecule is O=C1NC(=Nc2ccc(Cl)c(C(F)(F)F)c2)S/C1=C\c1ccc(Br)cc1. The smallest absolute Gasteiger partial charge is 0.300 e. The van der Waals surface area contributed by atoms with Crippen molar-refractivity contribution in [1.29, 1.82) is 0 Å². The second kappa shape index (κ2) is 7.46. The number of nitrogens with one attached hydrogen (secondary N) is 1. The molecule has 3 nitrogen and oxygen atoms in total. The van der Waals surface area contributed by atoms with Gasteiger partial charge in [0.15, 0.2) is 5.17 Å². The summed E-state index contributed by atoms with van der Waals surface area (Å²) >= 11 is 9.97. The summed E-state index contributed by atoms with van der Waals surface area (Å²) in [5.74, 6) is -0.360. The van der Waals surface area contributed by atoms with Crippen LogP contribution >= 0.6 is 39.3 Å². The molecule has 0 unspecified atom stereocenters. The van der Waals surface area contributed by atoms with Gasteiger partial charge in [0, 0.05) is 4.47 Å². The molecule has 26 heavy (non-hydrogen) atoms. The molecule has 0 spiro atoms. The predicted octanol–water partition coefficient (Wildman–Crippen LogP) is 6.01. The molecule has 0 bridgehead atoms. The summed E-state index contributed by atoms with van der Waals surface area (Å²) in [4.78, 5) is 16.5. The average Bonchev–Trinajstić information content (AvgIpc) is 2.90. The Bertz CT molecular complexity index is 927. The first kappa shape index (κ1) is 19.0. The van der Waals surface area contributed by atoms with E-state index >= 15 is 0 Å². The van der Waals surface area contributed by atoms with Gasteiger partial charge in [0.1, 0.15) is 0 Å². The third kappa shape index (κ3) is 4.49. The highest BCUT2D eigenvalue weighted by Gasteiger charge is 2.33. The summed E-state index contributed by atoms with van der Waals surface area (Å²) in [6.45, 7) is 0. The van der Waals surface area contributed by atoms with Crippen LogP contribution in [0.5, 0.6) is 0 Å². The molecule has 0 radical (unpaired) electrons. The van der Waals surface area contributed by atoms with Gasteiger partial charge in [-0.1, -0.05) is 39.7 Å². The average molecular weight is 462 g/mol. The van der Waals surface area contributed by atoms with Crippen LogP contribution in [-0.2, 0) is 11.0 Å². The van der Waals surface area contributed by atoms with Gasteiger partial charge >= 0.3 is 6.18 Å². The number of hydrogen-bond acceptors (Lipinski definition) is 3. The Balaban J connectivity index is 1.85. The molecule has 134 valence electrons. The minimum Gasteiger partial charge on any atom is -0.300 e. The highest BCUT2D eigenvalue weighted by molar-refractivity contribution is 9.10. The molecule has 1 N–H and O–H groups in total. The number of benzene rings is 2. The Morgan fingerprint density at radius 1 is 1.15 bits per heavy atom. The Hall–Kier alpha value is -1.77. The second-order valence-corrected chi connectivity index (χ2v) is 7.55. The molecule has 2 aromatic carbocycles. The lowest BCUT2D eigenvalue weighted by atomic mass is 10.2. The van der Waals surface area contributed by atoms with Gasteiger partial charge in [-0.2, -0.15) is 13.2 Å². The van der Waals surface area contributed by atoms with Crippen LogP contribution < -0.4 is 5.32 Å². The van der Waals surface area contributed by atoms with E-state index in [1.54, 1.807) is 6.08 Å². The predicted molar refractivity (Wildman–Crippen MR) is 101 cm³/mol. The van der Waals surface area contributed by atoms with E-state index in [0.717, 1.165) is 33.9 Å². The maximum atomic E-state index is 12.9. The molecule has 1 saturated heterocycles. The maximum absolute atomic E-state index is 12.9. The summed E-state index contributed by atoms with van der Waals surface area (Å²) < 4.78 is 39.7. The molecule has 0 aliphatic carbocycles. The van der Waals surface area contributed by atoms with E-state index in [9.17, 15) is 18.0 Å². The zero-order valence-corrected chi connectivity index (χ0v) is 15.9. The fraction of sp³-hybridized carbons (Fsp3) is 0.0588. The van der Waals surface area contributed by atoms with Crippen LogP contribution in [0.15, 0.2) is 56.8 Å². The zero-order valence-electron chi connectivity index (χ0n) is 12.8. The largest absolute Gasteiger partial charge is 0.417 e. The van der Waals surface area contributed by atoms with Crippen molar-refractivity contribution >= 4 is 62.1 Å². The van der Waals surface area contributed by atoms with E-state index in [1.165, 1.54) is 6.07 Å². The highest BCUT2D eigenvalue weighted by Crippen LogP contribution is 2.37. The number of carbonyl (C=O) groups excluding carboxylic acids is 1. The van der Waals surface area contributed by atoms with Crippen LogP contribution in [0.4, 0.5) is 18.9 Å². The first-order valence-corrected chi connectivity index (χ1v) is 9.13. The van der Waals surface area contributed by atoms with Crippen molar-refractivity contribution in [2.75, 3.05) is 0 Å². The topological polar surface area (TPSA) is 41.5 Å². The summed E-state index contributed by atoms with van der Waals surface area (Å²) in [5, 5.41) is 2.34. The van der Waals surface area contributed by atoms with Crippen molar-refractivity contribution in [3.8, 4) is 0 Å². The minimum absolute atomic E-state index is 0.0504. The molecule has 1 heterocycles. The van der Waals surface area contributed by atoms with Crippen LogP contribution in [0.25, 0.3) is 6.08 Å². The van der Waals surface area contributed by atoms with Crippen LogP contribution in [-0.4, -0.2) is 11.1 Å². The Kier molecular flexibility index (Phi) is 5.45. The van der Waals surface area contributed by atoms with E-state index in [-0.39, 0.29) is 16.8 Å². The number of alkyl halides is 3. The van der Waals surface area contributed by atoms with E-state index in [4.69, 9.17) is 11.6 Å². The van der Waals surface area contributed by atoms with Gasteiger partial charge in [-0.05, 0) is 53.7 Å². The number of aliphatic imine (C=N–C) groups is 1. The highest BCUT2D eigenvalue weighted by atomic mass is 79.9. The van der Waals surface area contributed by atoms with Gasteiger partial charge in [-0.15, -0.1) is 0 Å². The van der Waals surface area contributed by atoms with Gasteiger partial charge in [0.05, 0.1) is 21.2 Å². The first-order chi connectivity index (χ1) is 12.2. The zero-order chi connectivity index (χ0) is 18.9. The molecule has 0 aromatic heterocycles. The third-order valence-corrected chi connectivity index (χ3v) is 5.07. The number of hydrogen-bond donors (Lipinski definition) is 1. The minimum atomic E-state index is -4.58. The summed E-state index contributed by atoms with van der Waals surface area (Å²) in [6, 6.07) is 10.7. The van der Waals surface area contributed by atoms with Crippen molar-refractivity contribution in [2.45, 2.75) is 6.18 Å². The maximum Gasteiger partial charge on any atom is 0.417 e. The van der Waals surface area contributed by atoms with Crippen LogP contribution in [0.1, 0.15) is 11.1 Å². The summed E-state index contributed by atoms with van der Waals surface area (Å²) in [6.07, 6.45) is -2.90. The molecule has 3 rings (SSSR count). The number of amidine groups is 1. The Morgan fingerprint density at radius 3 is 2.50 bits per heavy atom. The molecule has 1 aliphatic rings. The number of amides is 1. The van der Waals surface area contributed by atoms with Crippen molar-refractivity contribution in [3.05, 3.63) is 68.0 Å². The molecule has 0 saturated carbocycles. The lowest BCUT2D eigenvalue weighted by molar-refractivity contribution is -0.137. The monoisotopic (exact) mass is 460 g/mol. The Labute approximate surface area is 164 Å². The molecular formula is C17H9BrClF3N2OS. The van der Waals surface area contributed by atoms with Crippen molar-refractivity contribution in [3.63, 3.8) is 0 Å². The lowest BCUT2D eigenvalue weighted by Gasteiger charge is -2.09. The van der Waals surface area contributed by atoms with Crippen molar-refractivity contribution < 1.29 is 18.0 Å². The standard InChI is InChI=1S/C17H9BrClF3N2OS/c18-10-3-1-9(2-4-10)7-14-15(25)24-16(26-14)23-11-5-6-13(19)12(8-11)17(20,21)22/h1-8H,(H,23,24,25)/b14-7-. The van der Waals surface area contributed by atoms with Gasteiger partial charge in [-0.25, -0.2) is 4.99 Å². The molecule has 1 amide bonds. The molecular weight excluding hydrogens is 453 g/mol. The summed E-state index contributed by atoms with van der Waals surface area (Å²) in [7, 11) is 0. The molecule has 1 fully saturated rings.